The predicted molar refractivity (Wildman–Crippen MR) is 92.7 cm³/mol. The zero-order valence-electron chi connectivity index (χ0n) is 12.6. The summed E-state index contributed by atoms with van der Waals surface area (Å²) in [5, 5.41) is 15.5. The highest BCUT2D eigenvalue weighted by molar-refractivity contribution is 6.40. The lowest BCUT2D eigenvalue weighted by atomic mass is 9.91. The molecule has 128 valence electrons. The summed E-state index contributed by atoms with van der Waals surface area (Å²) in [6, 6.07) is 9.32. The Labute approximate surface area is 152 Å². The molecule has 0 aromatic heterocycles. The minimum Gasteiger partial charge on any atom is -0.477 e. The first-order chi connectivity index (χ1) is 11.9. The number of carboxylic acid groups (broad SMARTS) is 1. The van der Waals surface area contributed by atoms with Gasteiger partial charge >= 0.3 is 5.97 Å². The zero-order valence-corrected chi connectivity index (χ0v) is 14.1. The highest BCUT2D eigenvalue weighted by atomic mass is 35.5. The van der Waals surface area contributed by atoms with Gasteiger partial charge in [0.05, 0.1) is 22.7 Å². The number of hydrogen-bond donors (Lipinski definition) is 1. The molecule has 0 spiro atoms. The number of rotatable bonds is 4. The van der Waals surface area contributed by atoms with Gasteiger partial charge in [0.1, 0.15) is 12.1 Å². The summed E-state index contributed by atoms with van der Waals surface area (Å²) in [5.74, 6) is -2.79. The Morgan fingerprint density at radius 3 is 2.44 bits per heavy atom. The van der Waals surface area contributed by atoms with Crippen LogP contribution in [0.3, 0.4) is 0 Å². The number of benzene rings is 2. The van der Waals surface area contributed by atoms with Crippen molar-refractivity contribution in [3.8, 4) is 0 Å². The van der Waals surface area contributed by atoms with E-state index in [4.69, 9.17) is 23.2 Å². The van der Waals surface area contributed by atoms with Crippen LogP contribution in [0.15, 0.2) is 47.6 Å². The summed E-state index contributed by atoms with van der Waals surface area (Å²) < 4.78 is 13.2. The molecule has 2 unspecified atom stereocenters. The SMILES string of the molecule is O=CC1C(C(=O)O)=NN(c2ccc(Cl)cc2Cl)C1c1ccc(F)cc1. The first kappa shape index (κ1) is 17.4. The van der Waals surface area contributed by atoms with Crippen LogP contribution in [-0.4, -0.2) is 23.1 Å². The maximum Gasteiger partial charge on any atom is 0.352 e. The molecule has 1 heterocycles. The summed E-state index contributed by atoms with van der Waals surface area (Å²) in [6.45, 7) is 0. The van der Waals surface area contributed by atoms with Gasteiger partial charge in [0.15, 0.2) is 5.71 Å². The van der Waals surface area contributed by atoms with E-state index >= 15 is 0 Å². The average Bonchev–Trinajstić information content (AvgIpc) is 2.95. The van der Waals surface area contributed by atoms with Crippen LogP contribution in [0.2, 0.25) is 10.0 Å². The van der Waals surface area contributed by atoms with Crippen molar-refractivity contribution in [2.75, 3.05) is 5.01 Å². The van der Waals surface area contributed by atoms with E-state index in [9.17, 15) is 19.1 Å². The van der Waals surface area contributed by atoms with Gasteiger partial charge in [0.25, 0.3) is 0 Å². The van der Waals surface area contributed by atoms with Crippen LogP contribution in [0.5, 0.6) is 0 Å². The Morgan fingerprint density at radius 2 is 1.88 bits per heavy atom. The van der Waals surface area contributed by atoms with Crippen LogP contribution >= 0.6 is 23.2 Å². The average molecular weight is 381 g/mol. The van der Waals surface area contributed by atoms with E-state index in [2.05, 4.69) is 5.10 Å². The van der Waals surface area contributed by atoms with E-state index in [0.29, 0.717) is 22.6 Å². The number of hydrogen-bond acceptors (Lipinski definition) is 4. The maximum atomic E-state index is 13.2. The van der Waals surface area contributed by atoms with Gasteiger partial charge in [0, 0.05) is 5.02 Å². The first-order valence-corrected chi connectivity index (χ1v) is 7.95. The van der Waals surface area contributed by atoms with E-state index in [1.54, 1.807) is 12.1 Å². The number of hydrazone groups is 1. The second-order valence-corrected chi connectivity index (χ2v) is 6.23. The normalized spacial score (nSPS) is 19.6. The lowest BCUT2D eigenvalue weighted by Crippen LogP contribution is -2.29. The van der Waals surface area contributed by atoms with Crippen LogP contribution in [0.25, 0.3) is 0 Å². The summed E-state index contributed by atoms with van der Waals surface area (Å²) in [7, 11) is 0. The van der Waals surface area contributed by atoms with Crippen LogP contribution in [0.1, 0.15) is 11.6 Å². The first-order valence-electron chi connectivity index (χ1n) is 7.19. The van der Waals surface area contributed by atoms with Crippen molar-refractivity contribution in [2.24, 2.45) is 11.0 Å². The Morgan fingerprint density at radius 1 is 1.20 bits per heavy atom. The number of carboxylic acids is 1. The lowest BCUT2D eigenvalue weighted by molar-refractivity contribution is -0.130. The summed E-state index contributed by atoms with van der Waals surface area (Å²) in [5.41, 5.74) is 0.614. The molecule has 3 rings (SSSR count). The molecular weight excluding hydrogens is 370 g/mol. The van der Waals surface area contributed by atoms with Crippen LogP contribution in [0, 0.1) is 11.7 Å². The Kier molecular flexibility index (Phi) is 4.74. The quantitative estimate of drug-likeness (QED) is 0.815. The molecule has 2 atom stereocenters. The van der Waals surface area contributed by atoms with E-state index in [-0.39, 0.29) is 10.7 Å². The molecule has 1 aliphatic rings. The van der Waals surface area contributed by atoms with Gasteiger partial charge in [-0.05, 0) is 35.9 Å². The molecular formula is C17H11Cl2FN2O3. The predicted octanol–water partition coefficient (Wildman–Crippen LogP) is 3.95. The second-order valence-electron chi connectivity index (χ2n) is 5.39. The number of aliphatic carboxylic acids is 1. The molecule has 25 heavy (non-hydrogen) atoms. The monoisotopic (exact) mass is 380 g/mol. The molecule has 0 amide bonds. The van der Waals surface area contributed by atoms with Gasteiger partial charge in [-0.15, -0.1) is 0 Å². The van der Waals surface area contributed by atoms with Gasteiger partial charge in [-0.2, -0.15) is 5.10 Å². The van der Waals surface area contributed by atoms with Gasteiger partial charge < -0.3 is 9.90 Å². The van der Waals surface area contributed by atoms with Crippen molar-refractivity contribution in [2.45, 2.75) is 6.04 Å². The number of carbonyl (C=O) groups is 2. The molecule has 0 aliphatic carbocycles. The van der Waals surface area contributed by atoms with E-state index in [1.807, 2.05) is 0 Å². The number of anilines is 1. The Bertz CT molecular complexity index is 871. The van der Waals surface area contributed by atoms with Crippen molar-refractivity contribution in [3.05, 3.63) is 63.9 Å². The van der Waals surface area contributed by atoms with Gasteiger partial charge in [-0.1, -0.05) is 35.3 Å². The zero-order chi connectivity index (χ0) is 18.1. The molecule has 1 N–H and O–H groups in total. The minimum atomic E-state index is -1.31. The molecule has 1 aliphatic heterocycles. The van der Waals surface area contributed by atoms with E-state index in [0.717, 1.165) is 0 Å². The fourth-order valence-electron chi connectivity index (χ4n) is 2.75. The standard InChI is InChI=1S/C17H11Cl2FN2O3/c18-10-3-6-14(13(19)7-10)22-16(9-1-4-11(20)5-2-9)12(8-23)15(21-22)17(24)25/h1-8,12,16H,(H,24,25). The van der Waals surface area contributed by atoms with E-state index in [1.165, 1.54) is 35.3 Å². The fraction of sp³-hybridized carbons (Fsp3) is 0.118. The highest BCUT2D eigenvalue weighted by Crippen LogP contribution is 2.41. The van der Waals surface area contributed by atoms with Gasteiger partial charge in [0.2, 0.25) is 0 Å². The molecule has 0 fully saturated rings. The second kappa shape index (κ2) is 6.82. The third-order valence-corrected chi connectivity index (χ3v) is 4.41. The smallest absolute Gasteiger partial charge is 0.352 e. The molecule has 2 aromatic rings. The maximum absolute atomic E-state index is 13.2. The summed E-state index contributed by atoms with van der Waals surface area (Å²) in [6.07, 6.45) is 0.519. The third kappa shape index (κ3) is 3.23. The van der Waals surface area contributed by atoms with Crippen molar-refractivity contribution in [1.82, 2.24) is 0 Å². The molecule has 0 bridgehead atoms. The summed E-state index contributed by atoms with van der Waals surface area (Å²) >= 11 is 12.1. The minimum absolute atomic E-state index is 0.250. The van der Waals surface area contributed by atoms with Gasteiger partial charge in [-0.3, -0.25) is 5.01 Å². The number of nitrogens with zero attached hydrogens (tertiary/aromatic N) is 2. The van der Waals surface area contributed by atoms with Gasteiger partial charge in [-0.25, -0.2) is 9.18 Å². The van der Waals surface area contributed by atoms with Crippen molar-refractivity contribution in [1.29, 1.82) is 0 Å². The Hall–Kier alpha value is -2.44. The van der Waals surface area contributed by atoms with Crippen LogP contribution in [0.4, 0.5) is 10.1 Å². The van der Waals surface area contributed by atoms with Crippen molar-refractivity contribution < 1.29 is 19.1 Å². The largest absolute Gasteiger partial charge is 0.477 e. The van der Waals surface area contributed by atoms with Crippen LogP contribution in [-0.2, 0) is 9.59 Å². The fourth-order valence-corrected chi connectivity index (χ4v) is 3.25. The number of aldehydes is 1. The van der Waals surface area contributed by atoms with Crippen LogP contribution < -0.4 is 5.01 Å². The Balaban J connectivity index is 2.15. The third-order valence-electron chi connectivity index (χ3n) is 3.87. The molecule has 0 saturated heterocycles. The number of halogens is 3. The van der Waals surface area contributed by atoms with E-state index < -0.39 is 23.7 Å². The molecule has 0 saturated carbocycles. The molecule has 8 heteroatoms. The summed E-state index contributed by atoms with van der Waals surface area (Å²) in [4.78, 5) is 23.1. The molecule has 0 radical (unpaired) electrons. The topological polar surface area (TPSA) is 70.0 Å². The number of carbonyl (C=O) groups excluding carboxylic acids is 1. The lowest BCUT2D eigenvalue weighted by Gasteiger charge is -2.27. The van der Waals surface area contributed by atoms with Crippen molar-refractivity contribution in [3.63, 3.8) is 0 Å². The highest BCUT2D eigenvalue weighted by Gasteiger charge is 2.42. The molecule has 2 aromatic carbocycles. The molecule has 5 nitrogen and oxygen atoms in total. The van der Waals surface area contributed by atoms with Crippen molar-refractivity contribution >= 4 is 46.9 Å².